The first kappa shape index (κ1) is 14.3. The summed E-state index contributed by atoms with van der Waals surface area (Å²) in [6.45, 7) is 3.36. The van der Waals surface area contributed by atoms with Gasteiger partial charge in [-0.2, -0.15) is 7.82 Å². The van der Waals surface area contributed by atoms with Crippen LogP contribution in [0, 0.1) is 0 Å². The van der Waals surface area contributed by atoms with E-state index in [1.54, 1.807) is 0 Å². The van der Waals surface area contributed by atoms with Crippen LogP contribution < -0.4 is 19.2 Å². The SMILES string of the molecule is CCCCn1cc[n+](C)c1.O=P([O-])([O-])[O-].[H+].[H+]. The second kappa shape index (κ2) is 6.74. The number of rotatable bonds is 3. The molecule has 0 aromatic carbocycles. The van der Waals surface area contributed by atoms with Gasteiger partial charge < -0.3 is 19.2 Å². The maximum Gasteiger partial charge on any atom is 1.00 e. The third-order valence-corrected chi connectivity index (χ3v) is 1.59. The number of hydrogen-bond acceptors (Lipinski definition) is 4. The number of aromatic nitrogens is 2. The van der Waals surface area contributed by atoms with Crippen molar-refractivity contribution < 1.29 is 26.7 Å². The molecule has 0 bridgehead atoms. The zero-order chi connectivity index (χ0) is 11.9. The van der Waals surface area contributed by atoms with E-state index in [4.69, 9.17) is 19.2 Å². The normalized spacial score (nSPS) is 10.7. The van der Waals surface area contributed by atoms with Gasteiger partial charge in [-0.05, 0) is 6.42 Å². The summed E-state index contributed by atoms with van der Waals surface area (Å²) in [5, 5.41) is 0. The molecule has 0 unspecified atom stereocenters. The second-order valence-electron chi connectivity index (χ2n) is 3.12. The van der Waals surface area contributed by atoms with Gasteiger partial charge in [-0.1, -0.05) is 13.3 Å². The summed E-state index contributed by atoms with van der Waals surface area (Å²) in [6, 6.07) is 0. The Morgan fingerprint density at radius 2 is 2.00 bits per heavy atom. The van der Waals surface area contributed by atoms with Gasteiger partial charge in [-0.3, -0.25) is 0 Å². The number of phosphoric acid groups is 1. The van der Waals surface area contributed by atoms with E-state index in [0.717, 1.165) is 6.54 Å². The molecule has 0 atom stereocenters. The Morgan fingerprint density at radius 1 is 1.47 bits per heavy atom. The predicted molar refractivity (Wildman–Crippen MR) is 50.3 cm³/mol. The van der Waals surface area contributed by atoms with Crippen LogP contribution in [0.15, 0.2) is 18.7 Å². The standard InChI is InChI=1S/C8H15N2.H3O4P/c1-3-4-5-10-7-6-9(2)8-10;1-5(2,3)4/h6-8H,3-5H2,1-2H3;(H3,1,2,3,4)/q+1;/p-1. The minimum absolute atomic E-state index is 0. The lowest BCUT2D eigenvalue weighted by molar-refractivity contribution is -0.671. The molecule has 0 aliphatic heterocycles. The molecule has 1 rings (SSSR count). The fourth-order valence-electron chi connectivity index (χ4n) is 0.975. The summed E-state index contributed by atoms with van der Waals surface area (Å²) >= 11 is 0. The maximum atomic E-state index is 8.55. The number of nitrogens with zero attached hydrogens (tertiary/aromatic N) is 2. The van der Waals surface area contributed by atoms with Crippen molar-refractivity contribution in [3.63, 3.8) is 0 Å². The van der Waals surface area contributed by atoms with E-state index in [-0.39, 0.29) is 2.85 Å². The van der Waals surface area contributed by atoms with Crippen molar-refractivity contribution in [1.82, 2.24) is 4.57 Å². The minimum Gasteiger partial charge on any atom is -0.822 e. The average Bonchev–Trinajstić information content (AvgIpc) is 2.45. The molecule has 88 valence electrons. The summed E-state index contributed by atoms with van der Waals surface area (Å²) in [5.41, 5.74) is 0. The zero-order valence-electron chi connectivity index (χ0n) is 10.8. The van der Waals surface area contributed by atoms with Gasteiger partial charge in [-0.15, -0.1) is 0 Å². The van der Waals surface area contributed by atoms with Crippen molar-refractivity contribution in [3.8, 4) is 0 Å². The van der Waals surface area contributed by atoms with Crippen molar-refractivity contribution in [2.75, 3.05) is 0 Å². The van der Waals surface area contributed by atoms with Crippen LogP contribution >= 0.6 is 7.82 Å². The Hall–Kier alpha value is -0.680. The molecule has 15 heavy (non-hydrogen) atoms. The van der Waals surface area contributed by atoms with Gasteiger partial charge in [0.15, 0.2) is 0 Å². The highest BCUT2D eigenvalue weighted by Gasteiger charge is 1.96. The fourth-order valence-corrected chi connectivity index (χ4v) is 0.975. The molecular formula is C8H17N2O4P. The van der Waals surface area contributed by atoms with Crippen molar-refractivity contribution in [3.05, 3.63) is 18.7 Å². The van der Waals surface area contributed by atoms with Crippen molar-refractivity contribution >= 4 is 7.82 Å². The maximum absolute atomic E-state index is 8.55. The summed E-state index contributed by atoms with van der Waals surface area (Å²) in [4.78, 5) is 25.6. The van der Waals surface area contributed by atoms with Crippen LogP contribution in [0.1, 0.15) is 22.6 Å². The summed E-state index contributed by atoms with van der Waals surface area (Å²) < 4.78 is 12.8. The highest BCUT2D eigenvalue weighted by Crippen LogP contribution is 2.03. The van der Waals surface area contributed by atoms with Gasteiger partial charge in [0.25, 0.3) is 0 Å². The Labute approximate surface area is 92.0 Å². The monoisotopic (exact) mass is 236 g/mol. The molecule has 0 fully saturated rings. The third kappa shape index (κ3) is 11.2. The van der Waals surface area contributed by atoms with Crippen LogP contribution in [-0.4, -0.2) is 4.57 Å². The van der Waals surface area contributed by atoms with Gasteiger partial charge in [0.05, 0.1) is 13.6 Å². The lowest BCUT2D eigenvalue weighted by Crippen LogP contribution is -2.24. The second-order valence-corrected chi connectivity index (χ2v) is 4.01. The van der Waals surface area contributed by atoms with E-state index < -0.39 is 7.82 Å². The van der Waals surface area contributed by atoms with E-state index >= 15 is 0 Å². The molecular weight excluding hydrogens is 219 g/mol. The van der Waals surface area contributed by atoms with E-state index in [0.29, 0.717) is 0 Å². The highest BCUT2D eigenvalue weighted by atomic mass is 31.2. The Balaban J connectivity index is -0.000000247. The molecule has 7 heteroatoms. The Morgan fingerprint density at radius 3 is 2.33 bits per heavy atom. The fraction of sp³-hybridized carbons (Fsp3) is 0.625. The first-order chi connectivity index (χ1) is 6.83. The van der Waals surface area contributed by atoms with Crippen LogP contribution in [-0.2, 0) is 18.2 Å². The van der Waals surface area contributed by atoms with Crippen LogP contribution in [0.5, 0.6) is 0 Å². The molecule has 0 radical (unpaired) electrons. The van der Waals surface area contributed by atoms with E-state index in [1.165, 1.54) is 12.8 Å². The quantitative estimate of drug-likeness (QED) is 0.472. The molecule has 0 amide bonds. The lowest BCUT2D eigenvalue weighted by Gasteiger charge is -2.36. The van der Waals surface area contributed by atoms with E-state index in [2.05, 4.69) is 34.8 Å². The van der Waals surface area contributed by atoms with Gasteiger partial charge in [-0.25, -0.2) is 9.13 Å². The molecule has 0 spiro atoms. The average molecular weight is 236 g/mol. The molecule has 1 aromatic heterocycles. The third-order valence-electron chi connectivity index (χ3n) is 1.59. The van der Waals surface area contributed by atoms with Crippen LogP contribution in [0.25, 0.3) is 0 Å². The molecule has 0 saturated heterocycles. The zero-order valence-corrected chi connectivity index (χ0v) is 9.72. The Kier molecular flexibility index (Phi) is 6.43. The summed E-state index contributed by atoms with van der Waals surface area (Å²) in [6.07, 6.45) is 8.82. The molecule has 1 heterocycles. The van der Waals surface area contributed by atoms with Crippen LogP contribution in [0.4, 0.5) is 0 Å². The first-order valence-electron chi connectivity index (χ1n) is 4.57. The van der Waals surface area contributed by atoms with Crippen LogP contribution in [0.2, 0.25) is 0 Å². The smallest absolute Gasteiger partial charge is 0.822 e. The number of imidazole rings is 1. The molecule has 0 saturated carbocycles. The highest BCUT2D eigenvalue weighted by molar-refractivity contribution is 7.40. The molecule has 0 aliphatic rings. The number of hydrogen-bond donors (Lipinski definition) is 0. The molecule has 1 aromatic rings. The number of unbranched alkanes of at least 4 members (excludes halogenated alkanes) is 1. The van der Waals surface area contributed by atoms with Crippen LogP contribution in [0.3, 0.4) is 0 Å². The molecule has 0 N–H and O–H groups in total. The largest absolute Gasteiger partial charge is 1.00 e. The first-order valence-corrected chi connectivity index (χ1v) is 6.03. The van der Waals surface area contributed by atoms with Crippen molar-refractivity contribution in [2.24, 2.45) is 7.05 Å². The van der Waals surface area contributed by atoms with E-state index in [9.17, 15) is 0 Å². The lowest BCUT2D eigenvalue weighted by atomic mass is 10.3. The molecule has 0 aliphatic carbocycles. The topological polar surface area (TPSA) is 95.1 Å². The summed E-state index contributed by atoms with van der Waals surface area (Å²) in [5.74, 6) is 0. The molecule has 6 nitrogen and oxygen atoms in total. The van der Waals surface area contributed by atoms with Crippen molar-refractivity contribution in [1.29, 1.82) is 0 Å². The van der Waals surface area contributed by atoms with Gasteiger partial charge in [0.2, 0.25) is 6.33 Å². The van der Waals surface area contributed by atoms with Gasteiger partial charge in [0, 0.05) is 0 Å². The number of aryl methyl sites for hydroxylation is 2. The van der Waals surface area contributed by atoms with Gasteiger partial charge in [0.1, 0.15) is 12.4 Å². The van der Waals surface area contributed by atoms with Crippen molar-refractivity contribution in [2.45, 2.75) is 26.3 Å². The predicted octanol–water partition coefficient (Wildman–Crippen LogP) is -1.49. The minimum atomic E-state index is -5.39. The van der Waals surface area contributed by atoms with E-state index in [1.807, 2.05) is 7.05 Å². The summed E-state index contributed by atoms with van der Waals surface area (Å²) in [7, 11) is -3.34. The Bertz CT molecular complexity index is 321. The van der Waals surface area contributed by atoms with Gasteiger partial charge >= 0.3 is 2.85 Å².